The highest BCUT2D eigenvalue weighted by molar-refractivity contribution is 7.82. The van der Waals surface area contributed by atoms with E-state index in [1.54, 1.807) is 0 Å². The first-order chi connectivity index (χ1) is 8.20. The van der Waals surface area contributed by atoms with Crippen LogP contribution >= 0.6 is 0 Å². The molecule has 0 aromatic heterocycles. The fraction of sp³-hybridized carbons (Fsp3) is 0.538. The van der Waals surface area contributed by atoms with Gasteiger partial charge in [0.1, 0.15) is 11.0 Å². The summed E-state index contributed by atoms with van der Waals surface area (Å²) in [5.74, 6) is 0. The van der Waals surface area contributed by atoms with Crippen LogP contribution in [0.1, 0.15) is 12.5 Å². The van der Waals surface area contributed by atoms with Gasteiger partial charge in [-0.05, 0) is 25.6 Å². The second kappa shape index (κ2) is 6.99. The fourth-order valence-electron chi connectivity index (χ4n) is 2.02. The van der Waals surface area contributed by atoms with E-state index in [0.717, 1.165) is 37.6 Å². The second-order valence-corrected chi connectivity index (χ2v) is 5.91. The molecule has 1 aromatic rings. The van der Waals surface area contributed by atoms with Gasteiger partial charge in [-0.15, -0.1) is 0 Å². The lowest BCUT2D eigenvalue weighted by Gasteiger charge is -2.32. The maximum absolute atomic E-state index is 12.3. The van der Waals surface area contributed by atoms with Crippen LogP contribution < -0.4 is 0 Å². The van der Waals surface area contributed by atoms with E-state index in [-0.39, 0.29) is 5.48 Å². The van der Waals surface area contributed by atoms with E-state index in [4.69, 9.17) is 0 Å². The highest BCUT2D eigenvalue weighted by Crippen LogP contribution is 2.14. The minimum atomic E-state index is -0.988. The Morgan fingerprint density at radius 3 is 2.17 bits per heavy atom. The van der Waals surface area contributed by atoms with Gasteiger partial charge in [-0.1, -0.05) is 24.6 Å². The summed E-state index contributed by atoms with van der Waals surface area (Å²) < 4.78 is 14.4. The van der Waals surface area contributed by atoms with Crippen molar-refractivity contribution in [3.8, 4) is 0 Å². The molecule has 0 aliphatic carbocycles. The third kappa shape index (κ3) is 3.62. The normalized spacial score (nSPS) is 19.2. The van der Waals surface area contributed by atoms with Gasteiger partial charge in [0.15, 0.2) is 0 Å². The van der Waals surface area contributed by atoms with E-state index < -0.39 is 11.0 Å². The largest absolute Gasteiger partial charge is 0.412 e. The van der Waals surface area contributed by atoms with Crippen molar-refractivity contribution >= 4 is 11.0 Å². The molecule has 2 N–H and O–H groups in total. The summed E-state index contributed by atoms with van der Waals surface area (Å²) in [6, 6.07) is 7.99. The molecule has 1 aliphatic rings. The molecule has 0 bridgehead atoms. The minimum Gasteiger partial charge on any atom is -0.412 e. The van der Waals surface area contributed by atoms with E-state index in [9.17, 15) is 4.21 Å². The van der Waals surface area contributed by atoms with Crippen LogP contribution in [0.25, 0.3) is 0 Å². The van der Waals surface area contributed by atoms with Crippen LogP contribution in [0, 0.1) is 6.92 Å². The van der Waals surface area contributed by atoms with E-state index in [1.807, 2.05) is 31.2 Å². The predicted octanol–water partition coefficient (Wildman–Crippen LogP) is 0.830. The Labute approximate surface area is 111 Å². The van der Waals surface area contributed by atoms with Gasteiger partial charge < -0.3 is 10.4 Å². The van der Waals surface area contributed by atoms with Crippen molar-refractivity contribution in [2.45, 2.75) is 18.7 Å². The Kier molecular flexibility index (Phi) is 5.95. The average Bonchev–Trinajstić information content (AvgIpc) is 2.39. The molecule has 1 aliphatic heterocycles. The summed E-state index contributed by atoms with van der Waals surface area (Å²) >= 11 is 0. The number of aryl methyl sites for hydroxylation is 1. The molecule has 4 nitrogen and oxygen atoms in total. The SMILES string of the molecule is CCN1CCN(S(=O)c2ccc(C)cc2)CC1.O. The molecule has 0 saturated carbocycles. The molecule has 102 valence electrons. The Morgan fingerprint density at radius 1 is 1.11 bits per heavy atom. The predicted molar refractivity (Wildman–Crippen MR) is 74.9 cm³/mol. The van der Waals surface area contributed by atoms with E-state index >= 15 is 0 Å². The molecular formula is C13H22N2O2S. The number of piperazine rings is 1. The quantitative estimate of drug-likeness (QED) is 0.817. The number of hydrogen-bond acceptors (Lipinski definition) is 2. The summed E-state index contributed by atoms with van der Waals surface area (Å²) in [6.45, 7) is 9.15. The molecule has 1 atom stereocenters. The molecular weight excluding hydrogens is 248 g/mol. The number of likely N-dealkylation sites (N-methyl/N-ethyl adjacent to an activating group) is 1. The number of rotatable bonds is 3. The third-order valence-corrected chi connectivity index (χ3v) is 4.75. The molecule has 1 heterocycles. The van der Waals surface area contributed by atoms with E-state index in [2.05, 4.69) is 16.1 Å². The zero-order valence-electron chi connectivity index (χ0n) is 11.1. The second-order valence-electron chi connectivity index (χ2n) is 4.43. The monoisotopic (exact) mass is 270 g/mol. The smallest absolute Gasteiger partial charge is 0.127 e. The first-order valence-electron chi connectivity index (χ1n) is 6.16. The highest BCUT2D eigenvalue weighted by atomic mass is 32.2. The van der Waals surface area contributed by atoms with Crippen LogP contribution in [0.4, 0.5) is 0 Å². The Morgan fingerprint density at radius 2 is 1.67 bits per heavy atom. The zero-order chi connectivity index (χ0) is 12.3. The fourth-order valence-corrected chi connectivity index (χ4v) is 3.18. The third-order valence-electron chi connectivity index (χ3n) is 3.24. The van der Waals surface area contributed by atoms with Crippen molar-refractivity contribution in [2.24, 2.45) is 0 Å². The first kappa shape index (κ1) is 15.3. The lowest BCUT2D eigenvalue weighted by atomic mass is 10.2. The van der Waals surface area contributed by atoms with Crippen molar-refractivity contribution in [1.29, 1.82) is 0 Å². The van der Waals surface area contributed by atoms with Gasteiger partial charge >= 0.3 is 0 Å². The minimum absolute atomic E-state index is 0. The molecule has 0 spiro atoms. The van der Waals surface area contributed by atoms with Crippen LogP contribution in [0.2, 0.25) is 0 Å². The van der Waals surface area contributed by atoms with E-state index in [0.29, 0.717) is 0 Å². The van der Waals surface area contributed by atoms with Crippen LogP contribution in [0.5, 0.6) is 0 Å². The van der Waals surface area contributed by atoms with Crippen molar-refractivity contribution in [2.75, 3.05) is 32.7 Å². The van der Waals surface area contributed by atoms with Gasteiger partial charge in [0.2, 0.25) is 0 Å². The number of nitrogens with zero attached hydrogens (tertiary/aromatic N) is 2. The Balaban J connectivity index is 0.00000162. The van der Waals surface area contributed by atoms with Crippen LogP contribution in [0.3, 0.4) is 0 Å². The molecule has 1 saturated heterocycles. The Bertz CT molecular complexity index is 386. The lowest BCUT2D eigenvalue weighted by molar-refractivity contribution is 0.201. The topological polar surface area (TPSA) is 55.0 Å². The summed E-state index contributed by atoms with van der Waals surface area (Å²) in [7, 11) is -0.988. The van der Waals surface area contributed by atoms with Crippen molar-refractivity contribution in [1.82, 2.24) is 9.21 Å². The lowest BCUT2D eigenvalue weighted by Crippen LogP contribution is -2.46. The molecule has 1 fully saturated rings. The summed E-state index contributed by atoms with van der Waals surface area (Å²) in [5, 5.41) is 0. The molecule has 1 unspecified atom stereocenters. The molecule has 1 aromatic carbocycles. The van der Waals surface area contributed by atoms with Crippen LogP contribution in [-0.4, -0.2) is 51.6 Å². The van der Waals surface area contributed by atoms with Gasteiger partial charge in [-0.3, -0.25) is 0 Å². The standard InChI is InChI=1S/C13H20N2OS.H2O/c1-3-14-8-10-15(11-9-14)17(16)13-6-4-12(2)5-7-13;/h4-7H,3,8-11H2,1-2H3;1H2. The van der Waals surface area contributed by atoms with E-state index in [1.165, 1.54) is 5.56 Å². The summed E-state index contributed by atoms with van der Waals surface area (Å²) in [4.78, 5) is 3.31. The molecule has 0 radical (unpaired) electrons. The molecule has 0 amide bonds. The summed E-state index contributed by atoms with van der Waals surface area (Å²) in [5.41, 5.74) is 1.21. The molecule has 18 heavy (non-hydrogen) atoms. The average molecular weight is 270 g/mol. The number of hydrogen-bond donors (Lipinski definition) is 0. The van der Waals surface area contributed by atoms with Crippen molar-refractivity contribution in [3.63, 3.8) is 0 Å². The van der Waals surface area contributed by atoms with Gasteiger partial charge in [0.05, 0.1) is 4.90 Å². The maximum atomic E-state index is 12.3. The first-order valence-corrected chi connectivity index (χ1v) is 7.27. The molecule has 5 heteroatoms. The van der Waals surface area contributed by atoms with Crippen molar-refractivity contribution < 1.29 is 9.69 Å². The zero-order valence-corrected chi connectivity index (χ0v) is 11.9. The highest BCUT2D eigenvalue weighted by Gasteiger charge is 2.20. The van der Waals surface area contributed by atoms with Gasteiger partial charge in [-0.25, -0.2) is 8.51 Å². The summed E-state index contributed by atoms with van der Waals surface area (Å²) in [6.07, 6.45) is 0. The van der Waals surface area contributed by atoms with Crippen LogP contribution in [0.15, 0.2) is 29.2 Å². The molecule has 2 rings (SSSR count). The maximum Gasteiger partial charge on any atom is 0.127 e. The van der Waals surface area contributed by atoms with Gasteiger partial charge in [0, 0.05) is 26.2 Å². The van der Waals surface area contributed by atoms with Gasteiger partial charge in [0.25, 0.3) is 0 Å². The van der Waals surface area contributed by atoms with Crippen molar-refractivity contribution in [3.05, 3.63) is 29.8 Å². The number of benzene rings is 1. The van der Waals surface area contributed by atoms with Crippen LogP contribution in [-0.2, 0) is 11.0 Å². The van der Waals surface area contributed by atoms with Gasteiger partial charge in [-0.2, -0.15) is 0 Å². The Hall–Kier alpha value is -0.750.